The molecular weight excluding hydrogens is 1160 g/mol. The molecule has 0 amide bonds. The highest BCUT2D eigenvalue weighted by molar-refractivity contribution is 6.74. The molecule has 37 heteroatoms. The summed E-state index contributed by atoms with van der Waals surface area (Å²) in [5.41, 5.74) is 24.9. The number of nitrogens with one attached hydrogen (secondary N) is 5. The number of hydrogen-bond donors (Lipinski definition) is 13. The molecule has 0 spiro atoms. The Morgan fingerprint density at radius 1 is 0.632 bits per heavy atom. The van der Waals surface area contributed by atoms with Gasteiger partial charge in [0.15, 0.2) is 53.0 Å². The quantitative estimate of drug-likeness (QED) is 0.0250. The van der Waals surface area contributed by atoms with Crippen molar-refractivity contribution in [2.45, 2.75) is 165 Å². The summed E-state index contributed by atoms with van der Waals surface area (Å²) in [7, 11) is -1.94. The summed E-state index contributed by atoms with van der Waals surface area (Å²) in [6.45, 7) is 11.3. The van der Waals surface area contributed by atoms with E-state index in [0.29, 0.717) is 63.7 Å². The molecule has 36 nitrogen and oxygen atoms in total. The van der Waals surface area contributed by atoms with Crippen LogP contribution in [0, 0.1) is 0 Å². The summed E-state index contributed by atoms with van der Waals surface area (Å²) in [4.78, 5) is 101. The Balaban J connectivity index is 0.000000164. The Bertz CT molecular complexity index is 3960. The predicted octanol–water partition coefficient (Wildman–Crippen LogP) is -0.555. The van der Waals surface area contributed by atoms with Crippen molar-refractivity contribution in [3.8, 4) is 0 Å². The Labute approximate surface area is 493 Å². The van der Waals surface area contributed by atoms with Gasteiger partial charge in [0, 0.05) is 38.7 Å². The fraction of sp³-hybridized carbons (Fsp3) is 0.580. The smallest absolute Gasteiger partial charge is 0.280 e. The van der Waals surface area contributed by atoms with Crippen molar-refractivity contribution in [1.29, 1.82) is 0 Å². The number of H-pyrrole nitrogens is 4. The monoisotopic (exact) mass is 1240 g/mol. The standard InChI is InChI=1S/C22H28N10O7.C16H28N6O4Si.C11H13N5O4.CH4/c23-21-27-17-15(19(35)29-21)25-7-31(17)13-4-9(34)10(38-13)2-1-3-37-11-5-14(39-12(11)6-33)32-8-26-16-18(32)28-22(24)30-20(16)36;1-16(2,3)27(4,5)25-7-10-9(21-24)6-11(26-10)22-8-18-12-13(22)19-15(17)20-14(12)23;12-11-14-9-8(10(19)15-11)13-4-16(9)7-3-5(18)6(20-7)1-2-17;/h7-14,33-34H,1-6H2,(H3,23,27,29,35)(H3,24,28,30,36);8-11,21,24H,6-7H2,1-5H3,(H3,17,19,20,23);2,4-7,18H,1,3H2,(H3,12,14,15,19);1H4/t9-,10+,11-,12+,13+,14+;9-,10+,11+;5-,6+,7+;/m000./s1. The van der Waals surface area contributed by atoms with Gasteiger partial charge in [-0.3, -0.25) is 57.4 Å². The first-order valence-electron chi connectivity index (χ1n) is 27.5. The maximum Gasteiger partial charge on any atom is 0.280 e. The van der Waals surface area contributed by atoms with Crippen LogP contribution in [0.2, 0.25) is 18.1 Å². The number of nitrogens with two attached hydrogens (primary N) is 4. The summed E-state index contributed by atoms with van der Waals surface area (Å²) in [5.74, 6) is -0.0715. The number of nitrogen functional groups attached to an aromatic ring is 4. The van der Waals surface area contributed by atoms with E-state index in [1.165, 1.54) is 29.9 Å². The molecule has 0 bridgehead atoms. The maximum absolute atomic E-state index is 12.1. The minimum Gasteiger partial charge on any atom is -0.414 e. The molecule has 4 fully saturated rings. The number of aldehydes is 1. The predicted molar refractivity (Wildman–Crippen MR) is 312 cm³/mol. The van der Waals surface area contributed by atoms with Crippen LogP contribution in [0.15, 0.2) is 44.5 Å². The molecule has 0 radical (unpaired) electrons. The molecule has 8 aromatic rings. The number of aliphatic hydroxyl groups excluding tert-OH is 3. The van der Waals surface area contributed by atoms with Gasteiger partial charge in [-0.2, -0.15) is 25.4 Å². The van der Waals surface area contributed by atoms with Gasteiger partial charge in [0.25, 0.3) is 22.2 Å². The van der Waals surface area contributed by atoms with Crippen molar-refractivity contribution in [2.75, 3.05) is 42.8 Å². The number of aromatic amines is 4. The van der Waals surface area contributed by atoms with Gasteiger partial charge in [0.2, 0.25) is 23.8 Å². The van der Waals surface area contributed by atoms with Crippen LogP contribution in [-0.4, -0.2) is 182 Å². The third-order valence-electron chi connectivity index (χ3n) is 15.9. The van der Waals surface area contributed by atoms with E-state index in [0.717, 1.165) is 0 Å². The minimum atomic E-state index is -1.94. The highest BCUT2D eigenvalue weighted by Gasteiger charge is 2.43. The zero-order chi connectivity index (χ0) is 61.5. The molecule has 17 N–H and O–H groups in total. The van der Waals surface area contributed by atoms with Crippen molar-refractivity contribution >= 4 is 83.1 Å². The lowest BCUT2D eigenvalue weighted by atomic mass is 10.1. The summed E-state index contributed by atoms with van der Waals surface area (Å²) in [5, 5.41) is 39.9. The zero-order valence-electron chi connectivity index (χ0n) is 47.3. The molecule has 12 rings (SSSR count). The number of carbonyl (C=O) groups is 1. The second kappa shape index (κ2) is 25.8. The van der Waals surface area contributed by atoms with Gasteiger partial charge in [-0.25, -0.2) is 19.9 Å². The molecule has 12 atom stereocenters. The second-order valence-corrected chi connectivity index (χ2v) is 27.4. The molecule has 4 saturated heterocycles. The van der Waals surface area contributed by atoms with E-state index >= 15 is 0 Å². The van der Waals surface area contributed by atoms with Crippen LogP contribution in [0.5, 0.6) is 0 Å². The molecule has 87 heavy (non-hydrogen) atoms. The number of ether oxygens (including phenoxy) is 5. The fourth-order valence-corrected chi connectivity index (χ4v) is 11.4. The van der Waals surface area contributed by atoms with E-state index in [-0.39, 0.29) is 100 Å². The average molecular weight is 1240 g/mol. The minimum absolute atomic E-state index is 0. The number of aromatic nitrogens is 16. The number of fused-ring (bicyclic) bond motifs is 4. The summed E-state index contributed by atoms with van der Waals surface area (Å²) in [6, 6.07) is -0.309. The van der Waals surface area contributed by atoms with Crippen LogP contribution in [0.4, 0.5) is 23.8 Å². The van der Waals surface area contributed by atoms with Crippen molar-refractivity contribution in [2.24, 2.45) is 0 Å². The third-order valence-corrected chi connectivity index (χ3v) is 20.4. The second-order valence-electron chi connectivity index (χ2n) is 22.6. The van der Waals surface area contributed by atoms with E-state index in [1.54, 1.807) is 13.7 Å². The van der Waals surface area contributed by atoms with Gasteiger partial charge in [-0.1, -0.05) is 28.2 Å². The van der Waals surface area contributed by atoms with E-state index in [4.69, 9.17) is 51.0 Å². The van der Waals surface area contributed by atoms with Crippen LogP contribution in [0.1, 0.15) is 98.1 Å². The van der Waals surface area contributed by atoms with Crippen LogP contribution >= 0.6 is 0 Å². The van der Waals surface area contributed by atoms with Gasteiger partial charge >= 0.3 is 0 Å². The summed E-state index contributed by atoms with van der Waals surface area (Å²) >= 11 is 0. The van der Waals surface area contributed by atoms with Gasteiger partial charge in [-0.05, 0) is 31.0 Å². The molecular formula is C50H73N21O15Si. The topological polar surface area (TPSA) is 524 Å². The Morgan fingerprint density at radius 2 is 1.01 bits per heavy atom. The van der Waals surface area contributed by atoms with Crippen molar-refractivity contribution in [3.63, 3.8) is 0 Å². The van der Waals surface area contributed by atoms with E-state index in [2.05, 4.69) is 99.2 Å². The average Bonchev–Trinajstić information content (AvgIpc) is 2.07. The Hall–Kier alpha value is -7.95. The molecule has 0 aromatic carbocycles. The van der Waals surface area contributed by atoms with Crippen molar-refractivity contribution in [3.05, 3.63) is 66.7 Å². The summed E-state index contributed by atoms with van der Waals surface area (Å²) < 4.78 is 42.4. The zero-order valence-corrected chi connectivity index (χ0v) is 48.3. The highest BCUT2D eigenvalue weighted by Crippen LogP contribution is 2.39. The van der Waals surface area contributed by atoms with Crippen molar-refractivity contribution in [1.82, 2.24) is 83.6 Å². The number of aliphatic hydroxyl groups is 3. The van der Waals surface area contributed by atoms with Gasteiger partial charge < -0.3 is 76.4 Å². The van der Waals surface area contributed by atoms with Crippen LogP contribution in [0.3, 0.4) is 0 Å². The molecule has 0 saturated carbocycles. The Kier molecular flexibility index (Phi) is 18.8. The molecule has 4 aliphatic rings. The third kappa shape index (κ3) is 13.2. The SMILES string of the molecule is C.CC(C)(C)[Si](C)(C)OC[C@H]1O[C@@H](n2cnc3c(=O)[nH]c(N)nc32)C[C@@H]1NO.Nc1nc2c(ncn2[C@H]2C[C@H](O)[C@@H](CC=O)O2)c(=O)[nH]1.Nc1nc2c(ncn2[C@H]2C[C@H](OCCC[C@H]3O[C@@H](n4cnc5c(=O)[nH]c(N)nc54)C[C@@H]3O)[C@@H](CO)O2)c(=O)[nH]1. The number of rotatable bonds is 16. The normalized spacial score (nSPS) is 25.7. The number of anilines is 4. The molecule has 8 aromatic heterocycles. The van der Waals surface area contributed by atoms with Crippen LogP contribution in [0.25, 0.3) is 44.7 Å². The lowest BCUT2D eigenvalue weighted by Crippen LogP contribution is -2.45. The first kappa shape index (κ1) is 63.5. The van der Waals surface area contributed by atoms with Gasteiger partial charge in [0.1, 0.15) is 37.3 Å². The lowest BCUT2D eigenvalue weighted by Gasteiger charge is -2.37. The molecule has 0 unspecified atom stereocenters. The van der Waals surface area contributed by atoms with E-state index < -0.39 is 92.1 Å². The molecule has 0 aliphatic carbocycles. The van der Waals surface area contributed by atoms with Crippen molar-refractivity contribution < 1.29 is 53.4 Å². The maximum atomic E-state index is 12.1. The van der Waals surface area contributed by atoms with E-state index in [1.807, 2.05) is 0 Å². The van der Waals surface area contributed by atoms with Gasteiger partial charge in [0.05, 0.1) is 81.2 Å². The first-order chi connectivity index (χ1) is 40.9. The lowest BCUT2D eigenvalue weighted by molar-refractivity contribution is -0.112. The molecule has 472 valence electrons. The largest absolute Gasteiger partial charge is 0.414 e. The summed E-state index contributed by atoms with van der Waals surface area (Å²) in [6.07, 6.45) is 3.27. The number of carbonyl (C=O) groups excluding carboxylic acids is 1. The Morgan fingerprint density at radius 3 is 1.41 bits per heavy atom. The van der Waals surface area contributed by atoms with Crippen LogP contribution < -0.4 is 50.7 Å². The van der Waals surface area contributed by atoms with Crippen LogP contribution in [-0.2, 0) is 32.9 Å². The number of hydrogen-bond acceptors (Lipinski definition) is 28. The fourth-order valence-electron chi connectivity index (χ4n) is 10.4. The number of hydroxylamine groups is 1. The van der Waals surface area contributed by atoms with E-state index in [9.17, 15) is 44.5 Å². The number of nitrogens with zero attached hydrogens (tertiary/aromatic N) is 12. The number of imidazole rings is 4. The highest BCUT2D eigenvalue weighted by atomic mass is 28.4. The molecule has 12 heterocycles. The first-order valence-corrected chi connectivity index (χ1v) is 30.4. The molecule has 4 aliphatic heterocycles. The van der Waals surface area contributed by atoms with Gasteiger partial charge in [-0.15, -0.1) is 0 Å².